The van der Waals surface area contributed by atoms with Crippen LogP contribution in [0.1, 0.15) is 19.3 Å². The Kier molecular flexibility index (Phi) is 5.14. The number of aliphatic carboxylic acids is 1. The Bertz CT molecular complexity index is 235. The van der Waals surface area contributed by atoms with Crippen LogP contribution >= 0.6 is 0 Å². The lowest BCUT2D eigenvalue weighted by Gasteiger charge is -2.37. The SMILES string of the molecule is CN(C)C1O[C@H](CCN)C[C@H](CC(=O)O)O1. The number of nitrogens with zero attached hydrogens (tertiary/aromatic N) is 1. The lowest BCUT2D eigenvalue weighted by atomic mass is 10.1. The highest BCUT2D eigenvalue weighted by Crippen LogP contribution is 2.23. The zero-order valence-electron chi connectivity index (χ0n) is 9.76. The molecule has 0 aliphatic carbocycles. The zero-order chi connectivity index (χ0) is 12.1. The topological polar surface area (TPSA) is 85.0 Å². The number of ether oxygens (including phenoxy) is 2. The van der Waals surface area contributed by atoms with Crippen molar-refractivity contribution in [2.75, 3.05) is 20.6 Å². The first kappa shape index (κ1) is 13.4. The fraction of sp³-hybridized carbons (Fsp3) is 0.900. The minimum Gasteiger partial charge on any atom is -0.481 e. The van der Waals surface area contributed by atoms with Gasteiger partial charge in [0.2, 0.25) is 6.41 Å². The molecule has 1 unspecified atom stereocenters. The number of nitrogens with two attached hydrogens (primary N) is 1. The monoisotopic (exact) mass is 232 g/mol. The molecule has 3 N–H and O–H groups in total. The van der Waals surface area contributed by atoms with Crippen LogP contribution in [0.3, 0.4) is 0 Å². The van der Waals surface area contributed by atoms with Crippen LogP contribution in [0, 0.1) is 0 Å². The maximum absolute atomic E-state index is 10.6. The van der Waals surface area contributed by atoms with E-state index in [2.05, 4.69) is 0 Å². The second kappa shape index (κ2) is 6.15. The molecular weight excluding hydrogens is 212 g/mol. The molecule has 0 bridgehead atoms. The third kappa shape index (κ3) is 4.05. The van der Waals surface area contributed by atoms with E-state index in [0.717, 1.165) is 6.42 Å². The van der Waals surface area contributed by atoms with Gasteiger partial charge in [0.05, 0.1) is 18.6 Å². The third-order valence-electron chi connectivity index (χ3n) is 2.46. The molecule has 1 rings (SSSR count). The van der Waals surface area contributed by atoms with E-state index in [1.165, 1.54) is 0 Å². The standard InChI is InChI=1S/C10H20N2O4/c1-12(2)10-15-7(3-4-11)5-8(16-10)6-9(13)14/h7-8,10H,3-6,11H2,1-2H3,(H,13,14)/t7-,8-,10?/m1/s1. The third-order valence-corrected chi connectivity index (χ3v) is 2.46. The largest absolute Gasteiger partial charge is 0.481 e. The Labute approximate surface area is 95.3 Å². The van der Waals surface area contributed by atoms with E-state index < -0.39 is 12.4 Å². The van der Waals surface area contributed by atoms with Crippen LogP contribution in [-0.2, 0) is 14.3 Å². The van der Waals surface area contributed by atoms with Crippen LogP contribution in [0.25, 0.3) is 0 Å². The van der Waals surface area contributed by atoms with Gasteiger partial charge >= 0.3 is 5.97 Å². The quantitative estimate of drug-likeness (QED) is 0.684. The molecule has 1 fully saturated rings. The molecule has 1 aliphatic heterocycles. The summed E-state index contributed by atoms with van der Waals surface area (Å²) >= 11 is 0. The average Bonchev–Trinajstić information content (AvgIpc) is 2.16. The summed E-state index contributed by atoms with van der Waals surface area (Å²) < 4.78 is 11.1. The van der Waals surface area contributed by atoms with Crippen LogP contribution < -0.4 is 5.73 Å². The number of carboxylic acid groups (broad SMARTS) is 1. The molecule has 0 spiro atoms. The van der Waals surface area contributed by atoms with Crippen molar-refractivity contribution in [3.05, 3.63) is 0 Å². The molecular formula is C10H20N2O4. The highest BCUT2D eigenvalue weighted by atomic mass is 16.7. The van der Waals surface area contributed by atoms with Gasteiger partial charge in [0.15, 0.2) is 0 Å². The summed E-state index contributed by atoms with van der Waals surface area (Å²) in [4.78, 5) is 12.4. The lowest BCUT2D eigenvalue weighted by Crippen LogP contribution is -2.46. The Morgan fingerprint density at radius 3 is 2.56 bits per heavy atom. The van der Waals surface area contributed by atoms with E-state index in [9.17, 15) is 4.79 Å². The van der Waals surface area contributed by atoms with Crippen molar-refractivity contribution in [2.24, 2.45) is 5.73 Å². The van der Waals surface area contributed by atoms with E-state index in [0.29, 0.717) is 13.0 Å². The van der Waals surface area contributed by atoms with Gasteiger partial charge in [0.25, 0.3) is 0 Å². The van der Waals surface area contributed by atoms with E-state index >= 15 is 0 Å². The predicted octanol–water partition coefficient (Wildman–Crippen LogP) is -0.171. The van der Waals surface area contributed by atoms with E-state index in [-0.39, 0.29) is 18.6 Å². The van der Waals surface area contributed by atoms with Crippen molar-refractivity contribution in [1.82, 2.24) is 4.90 Å². The predicted molar refractivity (Wildman–Crippen MR) is 57.8 cm³/mol. The molecule has 0 amide bonds. The van der Waals surface area contributed by atoms with Crippen LogP contribution in [0.4, 0.5) is 0 Å². The Morgan fingerprint density at radius 2 is 2.06 bits per heavy atom. The highest BCUT2D eigenvalue weighted by molar-refractivity contribution is 5.67. The molecule has 3 atom stereocenters. The molecule has 0 aromatic carbocycles. The molecule has 0 aromatic rings. The minimum absolute atomic E-state index is 0.00870. The van der Waals surface area contributed by atoms with Gasteiger partial charge in [-0.15, -0.1) is 0 Å². The lowest BCUT2D eigenvalue weighted by molar-refractivity contribution is -0.292. The summed E-state index contributed by atoms with van der Waals surface area (Å²) in [7, 11) is 3.65. The number of rotatable bonds is 5. The van der Waals surface area contributed by atoms with Crippen LogP contribution in [0.15, 0.2) is 0 Å². The summed E-state index contributed by atoms with van der Waals surface area (Å²) in [5, 5.41) is 8.75. The highest BCUT2D eigenvalue weighted by Gasteiger charge is 2.31. The van der Waals surface area contributed by atoms with E-state index in [1.807, 2.05) is 14.1 Å². The van der Waals surface area contributed by atoms with Crippen molar-refractivity contribution in [3.63, 3.8) is 0 Å². The van der Waals surface area contributed by atoms with Crippen LogP contribution in [0.5, 0.6) is 0 Å². The van der Waals surface area contributed by atoms with Gasteiger partial charge in [0.1, 0.15) is 0 Å². The molecule has 6 heteroatoms. The second-order valence-electron chi connectivity index (χ2n) is 4.20. The summed E-state index contributed by atoms with van der Waals surface area (Å²) in [5.74, 6) is -0.851. The van der Waals surface area contributed by atoms with Gasteiger partial charge in [0, 0.05) is 6.42 Å². The molecule has 1 saturated heterocycles. The molecule has 0 aromatic heterocycles. The van der Waals surface area contributed by atoms with Crippen molar-refractivity contribution >= 4 is 5.97 Å². The molecule has 1 aliphatic rings. The van der Waals surface area contributed by atoms with Crippen LogP contribution in [0.2, 0.25) is 0 Å². The number of hydrogen-bond donors (Lipinski definition) is 2. The molecule has 94 valence electrons. The first-order valence-electron chi connectivity index (χ1n) is 5.42. The van der Waals surface area contributed by atoms with Gasteiger partial charge in [-0.25, -0.2) is 0 Å². The fourth-order valence-electron chi connectivity index (χ4n) is 1.71. The van der Waals surface area contributed by atoms with Crippen LogP contribution in [-0.4, -0.2) is 55.2 Å². The average molecular weight is 232 g/mol. The Morgan fingerprint density at radius 1 is 1.44 bits per heavy atom. The maximum Gasteiger partial charge on any atom is 0.305 e. The summed E-state index contributed by atoms with van der Waals surface area (Å²) in [5.41, 5.74) is 5.48. The molecule has 1 heterocycles. The molecule has 6 nitrogen and oxygen atoms in total. The number of carbonyl (C=O) groups is 1. The summed E-state index contributed by atoms with van der Waals surface area (Å²) in [6.07, 6.45) is 0.534. The van der Waals surface area contributed by atoms with Gasteiger partial charge in [-0.1, -0.05) is 0 Å². The van der Waals surface area contributed by atoms with Crippen molar-refractivity contribution in [1.29, 1.82) is 0 Å². The maximum atomic E-state index is 10.6. The minimum atomic E-state index is -0.851. The zero-order valence-corrected chi connectivity index (χ0v) is 9.76. The van der Waals surface area contributed by atoms with Gasteiger partial charge in [-0.3, -0.25) is 9.69 Å². The summed E-state index contributed by atoms with van der Waals surface area (Å²) in [6, 6.07) is 0. The van der Waals surface area contributed by atoms with E-state index in [1.54, 1.807) is 4.90 Å². The molecule has 16 heavy (non-hydrogen) atoms. The first-order chi connectivity index (χ1) is 7.52. The molecule has 0 saturated carbocycles. The molecule has 0 radical (unpaired) electrons. The fourth-order valence-corrected chi connectivity index (χ4v) is 1.71. The first-order valence-corrected chi connectivity index (χ1v) is 5.42. The Balaban J connectivity index is 2.55. The van der Waals surface area contributed by atoms with Crippen molar-refractivity contribution < 1.29 is 19.4 Å². The Hall–Kier alpha value is -0.690. The van der Waals surface area contributed by atoms with Gasteiger partial charge < -0.3 is 20.3 Å². The summed E-state index contributed by atoms with van der Waals surface area (Å²) in [6.45, 7) is 0.532. The smallest absolute Gasteiger partial charge is 0.305 e. The van der Waals surface area contributed by atoms with Crippen molar-refractivity contribution in [3.8, 4) is 0 Å². The van der Waals surface area contributed by atoms with Gasteiger partial charge in [-0.2, -0.15) is 0 Å². The van der Waals surface area contributed by atoms with Crippen molar-refractivity contribution in [2.45, 2.75) is 37.9 Å². The number of carboxylic acids is 1. The van der Waals surface area contributed by atoms with E-state index in [4.69, 9.17) is 20.3 Å². The number of hydrogen-bond acceptors (Lipinski definition) is 5. The normalized spacial score (nSPS) is 30.6. The second-order valence-corrected chi connectivity index (χ2v) is 4.20. The van der Waals surface area contributed by atoms with Gasteiger partial charge in [-0.05, 0) is 27.1 Å².